The fourth-order valence-corrected chi connectivity index (χ4v) is 40.9. The van der Waals surface area contributed by atoms with Gasteiger partial charge in [-0.3, -0.25) is 0 Å². The molecule has 16 rings (SSSR count). The van der Waals surface area contributed by atoms with Crippen molar-refractivity contribution in [3.63, 3.8) is 0 Å². The van der Waals surface area contributed by atoms with E-state index in [2.05, 4.69) is 115 Å². The Balaban J connectivity index is 0.00000265. The van der Waals surface area contributed by atoms with Crippen molar-refractivity contribution in [2.45, 2.75) is 195 Å². The number of benzene rings is 4. The molecule has 10 saturated carbocycles. The van der Waals surface area contributed by atoms with Crippen molar-refractivity contribution in [3.05, 3.63) is 128 Å². The van der Waals surface area contributed by atoms with Crippen molar-refractivity contribution in [3.8, 4) is 22.3 Å². The monoisotopic (exact) mass is 1090 g/mol. The largest absolute Gasteiger partial charge is 0.147 e. The molecule has 2 unspecified atom stereocenters. The standard InChI is InChI=1S/2C33H39.2CH3.2ClH.H2Si.Zr/c2*1-22-7-12-30(32-18-24(17-31(22)32)13-23-5-3-2-4-6-23)28-8-10-29(11-9-28)33-19-25-14-26(20-33)16-27(15-25)21-33;;;;;;/h2*7-12,17-18,23,25-27H,2-6,13-16,19-21H2,1H3;2*1H3;2*1H;1H2;. The van der Waals surface area contributed by atoms with E-state index in [-0.39, 0.29) is 24.8 Å². The van der Waals surface area contributed by atoms with Crippen LogP contribution in [0.3, 0.4) is 0 Å². The molecule has 0 aliphatic heterocycles. The van der Waals surface area contributed by atoms with Crippen LogP contribution < -0.4 is 0 Å². The smallest absolute Gasteiger partial charge is 0.147 e. The molecule has 4 aromatic rings. The molecule has 10 fully saturated rings. The molecule has 382 valence electrons. The van der Waals surface area contributed by atoms with Crippen molar-refractivity contribution in [2.75, 3.05) is 0 Å². The van der Waals surface area contributed by atoms with Gasteiger partial charge in [0.15, 0.2) is 0 Å². The fraction of sp³-hybridized carbons (Fsp3) is 0.588. The number of rotatable bonds is 10. The van der Waals surface area contributed by atoms with E-state index in [9.17, 15) is 0 Å². The maximum Gasteiger partial charge on any atom is -0.147 e. The molecule has 4 heteroatoms. The van der Waals surface area contributed by atoms with Crippen LogP contribution in [0.5, 0.6) is 0 Å². The number of allylic oxidation sites excluding steroid dienone is 2. The summed E-state index contributed by atoms with van der Waals surface area (Å²) in [6.07, 6.45) is 40.4. The van der Waals surface area contributed by atoms with Crippen LogP contribution in [0.2, 0.25) is 9.26 Å². The summed E-state index contributed by atoms with van der Waals surface area (Å²) in [6, 6.07) is 31.0. The van der Waals surface area contributed by atoms with Gasteiger partial charge in [-0.25, -0.2) is 0 Å². The molecule has 0 amide bonds. The Bertz CT molecular complexity index is 2600. The number of aryl methyl sites for hydroxylation is 2. The summed E-state index contributed by atoms with van der Waals surface area (Å²) in [4.78, 5) is 0. The third-order valence-electron chi connectivity index (χ3n) is 23.1. The van der Waals surface area contributed by atoms with E-state index in [1.54, 1.807) is 44.5 Å². The average molecular weight is 1100 g/mol. The number of halogens is 2. The molecule has 0 spiro atoms. The van der Waals surface area contributed by atoms with Gasteiger partial charge in [-0.2, -0.15) is 0 Å². The van der Waals surface area contributed by atoms with Gasteiger partial charge in [-0.05, 0) is 0 Å². The van der Waals surface area contributed by atoms with Crippen LogP contribution in [0.25, 0.3) is 34.4 Å². The Kier molecular flexibility index (Phi) is 13.3. The average Bonchev–Trinajstić information content (AvgIpc) is 3.94. The summed E-state index contributed by atoms with van der Waals surface area (Å²) < 4.78 is 7.11. The summed E-state index contributed by atoms with van der Waals surface area (Å²) in [5.74, 6) is 7.55. The third kappa shape index (κ3) is 8.47. The van der Waals surface area contributed by atoms with Gasteiger partial charge in [0.25, 0.3) is 0 Å². The second-order valence-electron chi connectivity index (χ2n) is 28.7. The molecule has 0 saturated heterocycles. The van der Waals surface area contributed by atoms with Crippen LogP contribution in [0, 0.1) is 61.2 Å². The van der Waals surface area contributed by atoms with E-state index < -0.39 is 17.4 Å². The molecule has 0 heterocycles. The summed E-state index contributed by atoms with van der Waals surface area (Å²) in [5, 5.41) is 0. The van der Waals surface area contributed by atoms with Gasteiger partial charge >= 0.3 is 430 Å². The van der Waals surface area contributed by atoms with Crippen LogP contribution in [0.15, 0.2) is 83.9 Å². The van der Waals surface area contributed by atoms with Gasteiger partial charge in [0.1, 0.15) is 0 Å². The second kappa shape index (κ2) is 18.9. The molecule has 12 aliphatic carbocycles. The predicted molar refractivity (Wildman–Crippen MR) is 312 cm³/mol. The van der Waals surface area contributed by atoms with Crippen molar-refractivity contribution < 1.29 is 17.4 Å². The Morgan fingerprint density at radius 3 is 1.08 bits per heavy atom. The molecule has 4 aromatic carbocycles. The summed E-state index contributed by atoms with van der Waals surface area (Å²) >= 11 is -4.00. The Morgan fingerprint density at radius 2 is 0.764 bits per heavy atom. The molecule has 0 radical (unpaired) electrons. The number of hydrogen-bond acceptors (Lipinski definition) is 0. The van der Waals surface area contributed by atoms with E-state index in [0.29, 0.717) is 18.1 Å². The summed E-state index contributed by atoms with van der Waals surface area (Å²) in [7, 11) is 0. The van der Waals surface area contributed by atoms with Crippen LogP contribution >= 0.6 is 24.8 Å². The quantitative estimate of drug-likeness (QED) is 0.139. The van der Waals surface area contributed by atoms with Crippen molar-refractivity contribution in [2.24, 2.45) is 47.3 Å². The first-order valence-corrected chi connectivity index (χ1v) is 43.5. The van der Waals surface area contributed by atoms with E-state index in [4.69, 9.17) is 0 Å². The molecule has 12 aliphatic rings. The Morgan fingerprint density at radius 1 is 0.444 bits per heavy atom. The summed E-state index contributed by atoms with van der Waals surface area (Å²) in [6.45, 7) is 7.66. The molecule has 0 N–H and O–H groups in total. The first-order valence-electron chi connectivity index (χ1n) is 29.8. The zero-order valence-corrected chi connectivity index (χ0v) is 50.4. The molecule has 2 atom stereocenters. The van der Waals surface area contributed by atoms with Crippen molar-refractivity contribution >= 4 is 43.8 Å². The van der Waals surface area contributed by atoms with Crippen molar-refractivity contribution in [1.82, 2.24) is 0 Å². The zero-order valence-electron chi connectivity index (χ0n) is 44.9. The minimum Gasteiger partial charge on any atom is -0.147 e. The molecule has 0 aromatic heterocycles. The first kappa shape index (κ1) is 50.8. The van der Waals surface area contributed by atoms with E-state index in [1.807, 2.05) is 11.1 Å². The maximum absolute atomic E-state index is 4.00. The Labute approximate surface area is 450 Å². The van der Waals surface area contributed by atoms with Gasteiger partial charge < -0.3 is 0 Å². The SMILES string of the molecule is Cc1ccc(-c2ccc(C34CC5CC(CC(C5)C3)C4)cc2)c2c1[CH]([Zr]([CH3])([CH3])(=[SiH2])[CH]1C(CC3CCCCC3)=Cc3c(-c4ccc(C56CC7CC(CC(C7)C5)C6)cc4)ccc(C)c31)C(CC1CCCCC1)=C2.Cl.Cl. The normalized spacial score (nSPS) is 33.5. The third-order valence-corrected chi connectivity index (χ3v) is 40.5. The first-order chi connectivity index (χ1) is 33.9. The van der Waals surface area contributed by atoms with Gasteiger partial charge in [0, 0.05) is 0 Å². The van der Waals surface area contributed by atoms with Gasteiger partial charge in [-0.15, -0.1) is 24.8 Å². The van der Waals surface area contributed by atoms with Gasteiger partial charge in [0.05, 0.1) is 0 Å². The van der Waals surface area contributed by atoms with Crippen LogP contribution in [0.1, 0.15) is 206 Å². The minimum atomic E-state index is -4.00. The van der Waals surface area contributed by atoms with Crippen LogP contribution in [-0.4, -0.2) is 6.88 Å². The molecular weight excluding hydrogens is 1010 g/mol. The second-order valence-corrected chi connectivity index (χ2v) is 59.2. The molecule has 8 bridgehead atoms. The predicted octanol–water partition coefficient (Wildman–Crippen LogP) is 19.3. The van der Waals surface area contributed by atoms with Crippen molar-refractivity contribution in [1.29, 1.82) is 0 Å². The van der Waals surface area contributed by atoms with E-state index in [1.165, 1.54) is 176 Å². The van der Waals surface area contributed by atoms with Crippen LogP contribution in [0.4, 0.5) is 0 Å². The van der Waals surface area contributed by atoms with Gasteiger partial charge in [-0.1, -0.05) is 0 Å². The number of fused-ring (bicyclic) bond motifs is 2. The molecular formula is C68H88Cl2SiZr. The summed E-state index contributed by atoms with van der Waals surface area (Å²) in [5.41, 5.74) is 23.7. The van der Waals surface area contributed by atoms with E-state index in [0.717, 1.165) is 47.3 Å². The topological polar surface area (TPSA) is 0 Å². The molecule has 72 heavy (non-hydrogen) atoms. The maximum atomic E-state index is 2.99. The molecule has 0 nitrogen and oxygen atoms in total. The van der Waals surface area contributed by atoms with Crippen LogP contribution in [-0.2, 0) is 28.2 Å². The zero-order chi connectivity index (χ0) is 47.2. The minimum absolute atomic E-state index is 0. The number of hydrogen-bond donors (Lipinski definition) is 0. The Hall–Kier alpha value is -1.96. The van der Waals surface area contributed by atoms with E-state index >= 15 is 0 Å². The van der Waals surface area contributed by atoms with Gasteiger partial charge in [0.2, 0.25) is 0 Å². The fourth-order valence-electron chi connectivity index (χ4n) is 21.1.